The number of rotatable bonds is 2. The third-order valence-corrected chi connectivity index (χ3v) is 2.24. The molecule has 0 bridgehead atoms. The van der Waals surface area contributed by atoms with Crippen molar-refractivity contribution < 1.29 is 22.7 Å². The van der Waals surface area contributed by atoms with Crippen LogP contribution in [0.5, 0.6) is 0 Å². The molecule has 6 heteroatoms. The van der Waals surface area contributed by atoms with Crippen LogP contribution in [0, 0.1) is 0 Å². The van der Waals surface area contributed by atoms with E-state index in [9.17, 15) is 18.3 Å². The second-order valence-electron chi connectivity index (χ2n) is 2.56. The third kappa shape index (κ3) is 2.19. The van der Waals surface area contributed by atoms with Crippen LogP contribution in [0.1, 0.15) is 11.9 Å². The molecule has 0 aliphatic carbocycles. The predicted octanol–water partition coefficient (Wildman–Crippen LogP) is 3.19. The summed E-state index contributed by atoms with van der Waals surface area (Å²) in [6, 6.07) is 1.39. The summed E-state index contributed by atoms with van der Waals surface area (Å²) in [5, 5.41) is 9.25. The maximum atomic E-state index is 12.1. The van der Waals surface area contributed by atoms with Gasteiger partial charge >= 0.3 is 6.18 Å². The number of halogens is 4. The molecular formula is C8H6BrF3O2. The lowest BCUT2D eigenvalue weighted by Crippen LogP contribution is -2.17. The third-order valence-electron chi connectivity index (χ3n) is 1.59. The number of aliphatic hydroxyl groups is 1. The zero-order valence-electron chi connectivity index (χ0n) is 6.81. The van der Waals surface area contributed by atoms with Gasteiger partial charge in [0.05, 0.1) is 16.3 Å². The van der Waals surface area contributed by atoms with Gasteiger partial charge in [-0.2, -0.15) is 13.2 Å². The lowest BCUT2D eigenvalue weighted by molar-refractivity contribution is -0.106. The van der Waals surface area contributed by atoms with E-state index in [4.69, 9.17) is 0 Å². The number of hydrogen-bond acceptors (Lipinski definition) is 2. The van der Waals surface area contributed by atoms with Crippen molar-refractivity contribution in [3.05, 3.63) is 34.7 Å². The van der Waals surface area contributed by atoms with Gasteiger partial charge in [0.2, 0.25) is 0 Å². The van der Waals surface area contributed by atoms with Gasteiger partial charge in [0, 0.05) is 0 Å². The van der Waals surface area contributed by atoms with Gasteiger partial charge in [0.25, 0.3) is 0 Å². The first-order valence-electron chi connectivity index (χ1n) is 3.51. The summed E-state index contributed by atoms with van der Waals surface area (Å²) in [4.78, 5) is 0. The molecule has 0 amide bonds. The molecule has 0 fully saturated rings. The normalized spacial score (nSPS) is 14.1. The van der Waals surface area contributed by atoms with Crippen molar-refractivity contribution in [3.63, 3.8) is 0 Å². The predicted molar refractivity (Wildman–Crippen MR) is 46.6 cm³/mol. The van der Waals surface area contributed by atoms with E-state index in [1.807, 2.05) is 0 Å². The van der Waals surface area contributed by atoms with E-state index in [-0.39, 0.29) is 10.2 Å². The van der Waals surface area contributed by atoms with Crippen molar-refractivity contribution in [2.75, 3.05) is 0 Å². The van der Waals surface area contributed by atoms with Crippen LogP contribution in [0.2, 0.25) is 0 Å². The highest BCUT2D eigenvalue weighted by molar-refractivity contribution is 9.10. The molecule has 0 aromatic carbocycles. The highest BCUT2D eigenvalue weighted by atomic mass is 79.9. The van der Waals surface area contributed by atoms with Crippen molar-refractivity contribution >= 4 is 15.9 Å². The first-order chi connectivity index (χ1) is 6.34. The van der Waals surface area contributed by atoms with E-state index in [1.165, 1.54) is 12.3 Å². The fourth-order valence-corrected chi connectivity index (χ4v) is 1.23. The van der Waals surface area contributed by atoms with Crippen LogP contribution in [0.15, 0.2) is 33.4 Å². The second kappa shape index (κ2) is 3.78. The molecule has 0 saturated carbocycles. The van der Waals surface area contributed by atoms with Crippen molar-refractivity contribution in [3.8, 4) is 0 Å². The second-order valence-corrected chi connectivity index (χ2v) is 3.41. The van der Waals surface area contributed by atoms with Gasteiger partial charge in [-0.3, -0.25) is 0 Å². The Hall–Kier alpha value is -0.750. The van der Waals surface area contributed by atoms with Crippen LogP contribution in [-0.4, -0.2) is 11.3 Å². The smallest absolute Gasteiger partial charge is 0.415 e. The first-order valence-corrected chi connectivity index (χ1v) is 4.30. The van der Waals surface area contributed by atoms with Gasteiger partial charge in [-0.25, -0.2) is 0 Å². The Morgan fingerprint density at radius 2 is 2.14 bits per heavy atom. The zero-order valence-corrected chi connectivity index (χ0v) is 8.39. The van der Waals surface area contributed by atoms with Gasteiger partial charge in [-0.1, -0.05) is 6.58 Å². The first kappa shape index (κ1) is 11.3. The van der Waals surface area contributed by atoms with Crippen LogP contribution < -0.4 is 0 Å². The summed E-state index contributed by atoms with van der Waals surface area (Å²) in [7, 11) is 0. The minimum atomic E-state index is -4.63. The summed E-state index contributed by atoms with van der Waals surface area (Å²) in [6.07, 6.45) is -5.34. The van der Waals surface area contributed by atoms with E-state index in [1.54, 1.807) is 0 Å². The average molecular weight is 271 g/mol. The van der Waals surface area contributed by atoms with Crippen molar-refractivity contribution in [2.24, 2.45) is 0 Å². The molecule has 0 radical (unpaired) electrons. The SMILES string of the molecule is C=C(C(O)c1occc1Br)C(F)(F)F. The lowest BCUT2D eigenvalue weighted by Gasteiger charge is -2.14. The van der Waals surface area contributed by atoms with Gasteiger partial charge in [-0.05, 0) is 22.0 Å². The van der Waals surface area contributed by atoms with E-state index < -0.39 is 17.9 Å². The number of furan rings is 1. The van der Waals surface area contributed by atoms with Gasteiger partial charge in [-0.15, -0.1) is 0 Å². The average Bonchev–Trinajstić information content (AvgIpc) is 2.47. The molecular weight excluding hydrogens is 265 g/mol. The molecule has 14 heavy (non-hydrogen) atoms. The van der Waals surface area contributed by atoms with Crippen LogP contribution in [0.3, 0.4) is 0 Å². The van der Waals surface area contributed by atoms with E-state index in [0.717, 1.165) is 0 Å². The molecule has 1 aromatic heterocycles. The lowest BCUT2D eigenvalue weighted by atomic mass is 10.1. The Morgan fingerprint density at radius 3 is 2.50 bits per heavy atom. The van der Waals surface area contributed by atoms with Gasteiger partial charge < -0.3 is 9.52 Å². The Kier molecular flexibility index (Phi) is 3.06. The molecule has 1 atom stereocenters. The number of aliphatic hydroxyl groups excluding tert-OH is 1. The molecule has 0 aliphatic heterocycles. The summed E-state index contributed by atoms with van der Waals surface area (Å²) >= 11 is 2.94. The summed E-state index contributed by atoms with van der Waals surface area (Å²) in [6.45, 7) is 2.77. The van der Waals surface area contributed by atoms with E-state index >= 15 is 0 Å². The Balaban J connectivity index is 2.92. The van der Waals surface area contributed by atoms with Crippen LogP contribution in [0.25, 0.3) is 0 Å². The molecule has 1 aromatic rings. The molecule has 1 N–H and O–H groups in total. The van der Waals surface area contributed by atoms with Gasteiger partial charge in [0.15, 0.2) is 5.76 Å². The minimum Gasteiger partial charge on any atom is -0.465 e. The van der Waals surface area contributed by atoms with Gasteiger partial charge in [0.1, 0.15) is 6.10 Å². The monoisotopic (exact) mass is 270 g/mol. The van der Waals surface area contributed by atoms with Crippen molar-refractivity contribution in [2.45, 2.75) is 12.3 Å². The highest BCUT2D eigenvalue weighted by Gasteiger charge is 2.38. The molecule has 1 rings (SSSR count). The zero-order chi connectivity index (χ0) is 10.9. The van der Waals surface area contributed by atoms with Crippen molar-refractivity contribution in [1.82, 2.24) is 0 Å². The Bertz CT molecular complexity index is 343. The molecule has 0 spiro atoms. The highest BCUT2D eigenvalue weighted by Crippen LogP contribution is 2.36. The fourth-order valence-electron chi connectivity index (χ4n) is 0.814. The quantitative estimate of drug-likeness (QED) is 0.838. The molecule has 2 nitrogen and oxygen atoms in total. The van der Waals surface area contributed by atoms with Crippen molar-refractivity contribution in [1.29, 1.82) is 0 Å². The van der Waals surface area contributed by atoms with E-state index in [2.05, 4.69) is 26.9 Å². The largest absolute Gasteiger partial charge is 0.465 e. The maximum Gasteiger partial charge on any atom is 0.415 e. The van der Waals surface area contributed by atoms with E-state index in [0.29, 0.717) is 0 Å². The molecule has 0 saturated heterocycles. The fraction of sp³-hybridized carbons (Fsp3) is 0.250. The maximum absolute atomic E-state index is 12.1. The van der Waals surface area contributed by atoms with Crippen LogP contribution >= 0.6 is 15.9 Å². The standard InChI is InChI=1S/C8H6BrF3O2/c1-4(8(10,11)12)6(13)7-5(9)2-3-14-7/h2-3,6,13H,1H2. The summed E-state index contributed by atoms with van der Waals surface area (Å²) in [5.74, 6) is -0.202. The van der Waals surface area contributed by atoms with Crippen LogP contribution in [0.4, 0.5) is 13.2 Å². The molecule has 0 aliphatic rings. The molecule has 1 heterocycles. The summed E-state index contributed by atoms with van der Waals surface area (Å²) < 4.78 is 41.3. The minimum absolute atomic E-state index is 0.202. The summed E-state index contributed by atoms with van der Waals surface area (Å²) in [5.41, 5.74) is -1.26. The molecule has 78 valence electrons. The van der Waals surface area contributed by atoms with Crippen LogP contribution in [-0.2, 0) is 0 Å². The molecule has 1 unspecified atom stereocenters. The Labute approximate surface area is 86.2 Å². The topological polar surface area (TPSA) is 33.4 Å². The number of hydrogen-bond donors (Lipinski definition) is 1. The number of alkyl halides is 3. The Morgan fingerprint density at radius 1 is 1.57 bits per heavy atom.